The van der Waals surface area contributed by atoms with Gasteiger partial charge < -0.3 is 4.74 Å². The number of ketones is 1. The van der Waals surface area contributed by atoms with E-state index in [0.717, 1.165) is 24.1 Å². The van der Waals surface area contributed by atoms with E-state index < -0.39 is 17.8 Å². The lowest BCUT2D eigenvalue weighted by molar-refractivity contribution is -0.139. The molecule has 1 aromatic carbocycles. The number of halogens is 1. The van der Waals surface area contributed by atoms with Crippen molar-refractivity contribution in [2.75, 3.05) is 6.61 Å². The molecule has 2 atom stereocenters. The van der Waals surface area contributed by atoms with E-state index in [4.69, 9.17) is 4.74 Å². The van der Waals surface area contributed by atoms with Crippen LogP contribution in [0.3, 0.4) is 0 Å². The van der Waals surface area contributed by atoms with Gasteiger partial charge in [-0.1, -0.05) is 12.1 Å². The number of ether oxygens (including phenoxy) is 1. The Kier molecular flexibility index (Phi) is 4.60. The molecule has 1 aliphatic carbocycles. The Morgan fingerprint density at radius 3 is 2.62 bits per heavy atom. The molecule has 0 spiro atoms. The molecule has 1 fully saturated rings. The molecular formula is C19H20FNO3. The number of benzene rings is 1. The van der Waals surface area contributed by atoms with Gasteiger partial charge in [-0.15, -0.1) is 0 Å². The number of hydrogen-bond acceptors (Lipinski definition) is 4. The van der Waals surface area contributed by atoms with Crippen molar-refractivity contribution in [2.24, 2.45) is 10.9 Å². The van der Waals surface area contributed by atoms with Gasteiger partial charge in [-0.3, -0.25) is 9.79 Å². The minimum atomic E-state index is -0.454. The molecule has 0 amide bonds. The third-order valence-corrected chi connectivity index (χ3v) is 4.63. The zero-order valence-electron chi connectivity index (χ0n) is 13.8. The van der Waals surface area contributed by atoms with Crippen molar-refractivity contribution in [3.05, 3.63) is 46.9 Å². The Morgan fingerprint density at radius 2 is 1.96 bits per heavy atom. The lowest BCUT2D eigenvalue weighted by Crippen LogP contribution is -2.39. The second-order valence-corrected chi connectivity index (χ2v) is 6.15. The number of aliphatic imine (C=N–C) groups is 1. The van der Waals surface area contributed by atoms with Crippen molar-refractivity contribution in [2.45, 2.75) is 39.0 Å². The number of allylic oxidation sites excluding steroid dienone is 1. The lowest BCUT2D eigenvalue weighted by atomic mass is 9.69. The SMILES string of the molecule is CCOC(=O)C1=C(C)N=C2CCCC(=O)[C@@H]2[C@@H]1c1ccc(F)cc1. The highest BCUT2D eigenvalue weighted by molar-refractivity contribution is 6.11. The second kappa shape index (κ2) is 6.67. The largest absolute Gasteiger partial charge is 0.463 e. The van der Waals surface area contributed by atoms with Gasteiger partial charge in [0.15, 0.2) is 0 Å². The van der Waals surface area contributed by atoms with E-state index in [0.29, 0.717) is 17.7 Å². The molecule has 3 rings (SSSR count). The van der Waals surface area contributed by atoms with E-state index in [1.165, 1.54) is 12.1 Å². The van der Waals surface area contributed by atoms with Gasteiger partial charge in [0.05, 0.1) is 18.1 Å². The lowest BCUT2D eigenvalue weighted by Gasteiger charge is -2.35. The fourth-order valence-electron chi connectivity index (χ4n) is 3.62. The molecule has 4 nitrogen and oxygen atoms in total. The van der Waals surface area contributed by atoms with Crippen LogP contribution in [-0.4, -0.2) is 24.1 Å². The predicted octanol–water partition coefficient (Wildman–Crippen LogP) is 3.57. The van der Waals surface area contributed by atoms with Crippen molar-refractivity contribution in [1.29, 1.82) is 0 Å². The molecule has 126 valence electrons. The van der Waals surface area contributed by atoms with Crippen molar-refractivity contribution >= 4 is 17.5 Å². The van der Waals surface area contributed by atoms with Crippen LogP contribution in [0.4, 0.5) is 4.39 Å². The normalized spacial score (nSPS) is 23.6. The number of carbonyl (C=O) groups excluding carboxylic acids is 2. The summed E-state index contributed by atoms with van der Waals surface area (Å²) >= 11 is 0. The van der Waals surface area contributed by atoms with E-state index >= 15 is 0 Å². The van der Waals surface area contributed by atoms with Crippen molar-refractivity contribution < 1.29 is 18.7 Å². The summed E-state index contributed by atoms with van der Waals surface area (Å²) in [6.45, 7) is 3.76. The topological polar surface area (TPSA) is 55.7 Å². The van der Waals surface area contributed by atoms with E-state index in [2.05, 4.69) is 4.99 Å². The Labute approximate surface area is 140 Å². The molecule has 0 saturated heterocycles. The molecule has 1 aliphatic heterocycles. The summed E-state index contributed by atoms with van der Waals surface area (Å²) in [5.41, 5.74) is 2.56. The summed E-state index contributed by atoms with van der Waals surface area (Å²) in [7, 11) is 0. The van der Waals surface area contributed by atoms with Gasteiger partial charge in [-0.05, 0) is 44.4 Å². The molecule has 1 heterocycles. The Hall–Kier alpha value is -2.30. The molecule has 5 heteroatoms. The van der Waals surface area contributed by atoms with Gasteiger partial charge in [0, 0.05) is 23.7 Å². The van der Waals surface area contributed by atoms with E-state index in [1.54, 1.807) is 26.0 Å². The molecule has 0 aromatic heterocycles. The van der Waals surface area contributed by atoms with Crippen LogP contribution in [0.15, 0.2) is 40.5 Å². The summed E-state index contributed by atoms with van der Waals surface area (Å²) in [6, 6.07) is 5.98. The number of nitrogens with zero attached hydrogens (tertiary/aromatic N) is 1. The number of rotatable bonds is 3. The average Bonchev–Trinajstić information content (AvgIpc) is 2.55. The zero-order chi connectivity index (χ0) is 17.3. The molecule has 1 saturated carbocycles. The monoisotopic (exact) mass is 329 g/mol. The van der Waals surface area contributed by atoms with Gasteiger partial charge in [-0.25, -0.2) is 9.18 Å². The number of Topliss-reactive ketones (excluding diaryl/α,β-unsaturated/α-hetero) is 1. The molecule has 0 N–H and O–H groups in total. The molecule has 0 radical (unpaired) electrons. The molecule has 24 heavy (non-hydrogen) atoms. The maximum absolute atomic E-state index is 13.3. The standard InChI is InChI=1S/C19H20FNO3/c1-3-24-19(23)16-11(2)21-14-5-4-6-15(22)18(14)17(16)12-7-9-13(20)10-8-12/h7-10,17-18H,3-6H2,1-2H3/t17-,18-/m1/s1. The zero-order valence-corrected chi connectivity index (χ0v) is 13.8. The second-order valence-electron chi connectivity index (χ2n) is 6.15. The fourth-order valence-corrected chi connectivity index (χ4v) is 3.62. The quantitative estimate of drug-likeness (QED) is 0.797. The Bertz CT molecular complexity index is 733. The maximum Gasteiger partial charge on any atom is 0.336 e. The van der Waals surface area contributed by atoms with Crippen molar-refractivity contribution in [1.82, 2.24) is 0 Å². The summed E-state index contributed by atoms with van der Waals surface area (Å²) < 4.78 is 18.5. The van der Waals surface area contributed by atoms with Gasteiger partial charge in [-0.2, -0.15) is 0 Å². The Morgan fingerprint density at radius 1 is 1.25 bits per heavy atom. The van der Waals surface area contributed by atoms with Crippen LogP contribution in [0.5, 0.6) is 0 Å². The number of esters is 1. The van der Waals surface area contributed by atoms with Gasteiger partial charge >= 0.3 is 5.97 Å². The summed E-state index contributed by atoms with van der Waals surface area (Å²) in [5.74, 6) is -1.62. The molecule has 1 aromatic rings. The van der Waals surface area contributed by atoms with Crippen molar-refractivity contribution in [3.63, 3.8) is 0 Å². The first kappa shape index (κ1) is 16.6. The Balaban J connectivity index is 2.14. The van der Waals surface area contributed by atoms with Crippen LogP contribution < -0.4 is 0 Å². The first-order valence-electron chi connectivity index (χ1n) is 8.26. The summed E-state index contributed by atoms with van der Waals surface area (Å²) in [5, 5.41) is 0. The average molecular weight is 329 g/mol. The third kappa shape index (κ3) is 2.90. The highest BCUT2D eigenvalue weighted by Gasteiger charge is 2.43. The van der Waals surface area contributed by atoms with E-state index in [1.807, 2.05) is 0 Å². The van der Waals surface area contributed by atoms with Gasteiger partial charge in [0.2, 0.25) is 0 Å². The number of fused-ring (bicyclic) bond motifs is 1. The molecule has 0 unspecified atom stereocenters. The van der Waals surface area contributed by atoms with E-state index in [-0.39, 0.29) is 18.2 Å². The summed E-state index contributed by atoms with van der Waals surface area (Å²) in [4.78, 5) is 29.6. The van der Waals surface area contributed by atoms with Crippen molar-refractivity contribution in [3.8, 4) is 0 Å². The smallest absolute Gasteiger partial charge is 0.336 e. The molecular weight excluding hydrogens is 309 g/mol. The van der Waals surface area contributed by atoms with Crippen LogP contribution in [-0.2, 0) is 14.3 Å². The van der Waals surface area contributed by atoms with Crippen LogP contribution in [0.25, 0.3) is 0 Å². The maximum atomic E-state index is 13.3. The minimum absolute atomic E-state index is 0.0867. The van der Waals surface area contributed by atoms with Crippen LogP contribution in [0, 0.1) is 11.7 Å². The molecule has 0 bridgehead atoms. The summed E-state index contributed by atoms with van der Waals surface area (Å²) in [6.07, 6.45) is 2.02. The highest BCUT2D eigenvalue weighted by Crippen LogP contribution is 2.43. The first-order chi connectivity index (χ1) is 11.5. The molecule has 2 aliphatic rings. The predicted molar refractivity (Wildman–Crippen MR) is 88.3 cm³/mol. The first-order valence-corrected chi connectivity index (χ1v) is 8.26. The van der Waals surface area contributed by atoms with Crippen LogP contribution >= 0.6 is 0 Å². The number of carbonyl (C=O) groups is 2. The van der Waals surface area contributed by atoms with Crippen LogP contribution in [0.1, 0.15) is 44.6 Å². The fraction of sp³-hybridized carbons (Fsp3) is 0.421. The van der Waals surface area contributed by atoms with Gasteiger partial charge in [0.1, 0.15) is 11.6 Å². The van der Waals surface area contributed by atoms with E-state index in [9.17, 15) is 14.0 Å². The minimum Gasteiger partial charge on any atom is -0.463 e. The number of hydrogen-bond donors (Lipinski definition) is 0. The van der Waals surface area contributed by atoms with Gasteiger partial charge in [0.25, 0.3) is 0 Å². The highest BCUT2D eigenvalue weighted by atomic mass is 19.1. The third-order valence-electron chi connectivity index (χ3n) is 4.63. The van der Waals surface area contributed by atoms with Crippen LogP contribution in [0.2, 0.25) is 0 Å².